The Bertz CT molecular complexity index is 901. The van der Waals surface area contributed by atoms with E-state index in [9.17, 15) is 18.4 Å². The lowest BCUT2D eigenvalue weighted by molar-refractivity contribution is -0.150. The van der Waals surface area contributed by atoms with Gasteiger partial charge < -0.3 is 9.80 Å². The molecule has 1 spiro atoms. The van der Waals surface area contributed by atoms with Gasteiger partial charge in [-0.1, -0.05) is 6.07 Å². The Morgan fingerprint density at radius 3 is 2.77 bits per heavy atom. The van der Waals surface area contributed by atoms with Crippen molar-refractivity contribution in [2.75, 3.05) is 26.7 Å². The molecule has 3 heterocycles. The van der Waals surface area contributed by atoms with E-state index in [1.54, 1.807) is 37.5 Å². The van der Waals surface area contributed by atoms with Crippen LogP contribution in [0, 0.1) is 5.41 Å². The van der Waals surface area contributed by atoms with E-state index in [1.807, 2.05) is 6.07 Å². The number of carbonyl (C=O) groups is 2. The molecule has 0 aliphatic carbocycles. The molecule has 2 amide bonds. The molecule has 0 radical (unpaired) electrons. The Hall–Kier alpha value is -2.57. The summed E-state index contributed by atoms with van der Waals surface area (Å²) in [5, 5.41) is 0.772. The van der Waals surface area contributed by atoms with E-state index >= 15 is 0 Å². The van der Waals surface area contributed by atoms with E-state index in [0.717, 1.165) is 15.8 Å². The molecule has 7 heteroatoms. The van der Waals surface area contributed by atoms with E-state index < -0.39 is 30.2 Å². The number of nitrogens with zero attached hydrogens (tertiary/aromatic N) is 3. The average Bonchev–Trinajstić information content (AvgIpc) is 2.87. The molecule has 2 aromatic rings. The topological polar surface area (TPSA) is 53.5 Å². The minimum atomic E-state index is -3.08. The first-order valence-corrected chi connectivity index (χ1v) is 8.57. The molecule has 1 aromatic heterocycles. The van der Waals surface area contributed by atoms with Crippen molar-refractivity contribution < 1.29 is 18.4 Å². The monoisotopic (exact) mass is 359 g/mol. The summed E-state index contributed by atoms with van der Waals surface area (Å²) in [6.45, 7) is -0.177. The summed E-state index contributed by atoms with van der Waals surface area (Å²) >= 11 is 0. The average molecular weight is 359 g/mol. The third kappa shape index (κ3) is 2.71. The Morgan fingerprint density at radius 2 is 2.04 bits per heavy atom. The Balaban J connectivity index is 1.67. The van der Waals surface area contributed by atoms with Gasteiger partial charge in [0.25, 0.3) is 11.8 Å². The van der Waals surface area contributed by atoms with Gasteiger partial charge in [-0.2, -0.15) is 0 Å². The van der Waals surface area contributed by atoms with E-state index in [0.29, 0.717) is 18.5 Å². The molecule has 5 nitrogen and oxygen atoms in total. The van der Waals surface area contributed by atoms with Crippen LogP contribution in [0.2, 0.25) is 0 Å². The molecule has 4 rings (SSSR count). The number of aromatic nitrogens is 1. The highest BCUT2D eigenvalue weighted by atomic mass is 19.3. The molecule has 0 saturated carbocycles. The Labute approximate surface area is 149 Å². The van der Waals surface area contributed by atoms with Gasteiger partial charge in [-0.05, 0) is 30.7 Å². The van der Waals surface area contributed by atoms with E-state index in [2.05, 4.69) is 4.98 Å². The fraction of sp³-hybridized carbons (Fsp3) is 0.421. The highest BCUT2D eigenvalue weighted by Crippen LogP contribution is 2.45. The fourth-order valence-electron chi connectivity index (χ4n) is 4.15. The molecule has 1 aromatic carbocycles. The largest absolute Gasteiger partial charge is 0.345 e. The second kappa shape index (κ2) is 5.72. The lowest BCUT2D eigenvalue weighted by Crippen LogP contribution is -2.56. The minimum Gasteiger partial charge on any atom is -0.345 e. The molecule has 0 bridgehead atoms. The number of benzene rings is 1. The second-order valence-corrected chi connectivity index (χ2v) is 7.36. The smallest absolute Gasteiger partial charge is 0.266 e. The van der Waals surface area contributed by atoms with Crippen molar-refractivity contribution in [3.63, 3.8) is 0 Å². The molecular weight excluding hydrogens is 340 g/mol. The van der Waals surface area contributed by atoms with Gasteiger partial charge in [0.15, 0.2) is 0 Å². The quantitative estimate of drug-likeness (QED) is 0.786. The summed E-state index contributed by atoms with van der Waals surface area (Å²) in [7, 11) is 1.62. The van der Waals surface area contributed by atoms with E-state index in [-0.39, 0.29) is 12.5 Å². The molecule has 2 fully saturated rings. The fourth-order valence-corrected chi connectivity index (χ4v) is 4.15. The zero-order valence-corrected chi connectivity index (χ0v) is 14.4. The number of carbonyl (C=O) groups excluding carboxylic acids is 2. The first-order valence-electron chi connectivity index (χ1n) is 8.57. The third-order valence-electron chi connectivity index (χ3n) is 5.38. The number of hydrogen-bond donors (Lipinski definition) is 0. The summed E-state index contributed by atoms with van der Waals surface area (Å²) in [4.78, 5) is 32.2. The summed E-state index contributed by atoms with van der Waals surface area (Å²) in [5.41, 5.74) is -0.112. The van der Waals surface area contributed by atoms with Crippen molar-refractivity contribution >= 4 is 22.7 Å². The van der Waals surface area contributed by atoms with Crippen molar-refractivity contribution in [3.8, 4) is 0 Å². The number of halogens is 2. The molecule has 1 unspecified atom stereocenters. The van der Waals surface area contributed by atoms with Gasteiger partial charge in [-0.3, -0.25) is 14.6 Å². The van der Waals surface area contributed by atoms with Crippen molar-refractivity contribution in [2.45, 2.75) is 18.8 Å². The Kier molecular flexibility index (Phi) is 3.71. The molecule has 1 atom stereocenters. The SMILES string of the molecule is CN1CCC2(CN(C(=O)c3ccc4ncccc4c3)CC(F)(F)C2)C1=O. The first-order chi connectivity index (χ1) is 12.3. The lowest BCUT2D eigenvalue weighted by Gasteiger charge is -2.42. The van der Waals surface area contributed by atoms with Gasteiger partial charge in [-0.15, -0.1) is 0 Å². The number of hydrogen-bond acceptors (Lipinski definition) is 3. The van der Waals surface area contributed by atoms with Crippen LogP contribution in [-0.2, 0) is 4.79 Å². The molecule has 2 aliphatic heterocycles. The van der Waals surface area contributed by atoms with E-state index in [1.165, 1.54) is 4.90 Å². The zero-order valence-electron chi connectivity index (χ0n) is 14.4. The van der Waals surface area contributed by atoms with Gasteiger partial charge in [0.05, 0.1) is 17.5 Å². The highest BCUT2D eigenvalue weighted by molar-refractivity contribution is 5.98. The van der Waals surface area contributed by atoms with Crippen molar-refractivity contribution in [1.82, 2.24) is 14.8 Å². The number of amides is 2. The van der Waals surface area contributed by atoms with Gasteiger partial charge >= 0.3 is 0 Å². The summed E-state index contributed by atoms with van der Waals surface area (Å²) in [6.07, 6.45) is 1.51. The maximum Gasteiger partial charge on any atom is 0.266 e. The minimum absolute atomic E-state index is 0.0374. The highest BCUT2D eigenvalue weighted by Gasteiger charge is 2.57. The summed E-state index contributed by atoms with van der Waals surface area (Å²) < 4.78 is 28.8. The number of likely N-dealkylation sites (tertiary alicyclic amines) is 2. The van der Waals surface area contributed by atoms with Crippen LogP contribution in [-0.4, -0.2) is 59.2 Å². The van der Waals surface area contributed by atoms with Crippen LogP contribution in [0.5, 0.6) is 0 Å². The van der Waals surface area contributed by atoms with E-state index in [4.69, 9.17) is 0 Å². The lowest BCUT2D eigenvalue weighted by atomic mass is 9.76. The number of rotatable bonds is 1. The summed E-state index contributed by atoms with van der Waals surface area (Å²) in [5.74, 6) is -3.85. The van der Waals surface area contributed by atoms with Crippen LogP contribution in [0.3, 0.4) is 0 Å². The number of alkyl halides is 2. The standard InChI is InChI=1S/C19H19F2N3O2/c1-23-8-6-18(17(23)26)10-19(20,21)12-24(11-18)16(25)14-4-5-15-13(9-14)3-2-7-22-15/h2-5,7,9H,6,8,10-12H2,1H3. The van der Waals surface area contributed by atoms with Crippen molar-refractivity contribution in [3.05, 3.63) is 42.1 Å². The maximum atomic E-state index is 14.4. The van der Waals surface area contributed by atoms with Crippen molar-refractivity contribution in [1.29, 1.82) is 0 Å². The molecule has 2 saturated heterocycles. The molecular formula is C19H19F2N3O2. The normalized spacial score (nSPS) is 25.3. The Morgan fingerprint density at radius 1 is 1.23 bits per heavy atom. The molecule has 136 valence electrons. The van der Waals surface area contributed by atoms with Crippen LogP contribution in [0.4, 0.5) is 8.78 Å². The van der Waals surface area contributed by atoms with Gasteiger partial charge in [0, 0.05) is 43.7 Å². The molecule has 26 heavy (non-hydrogen) atoms. The van der Waals surface area contributed by atoms with Gasteiger partial charge in [0.2, 0.25) is 5.91 Å². The predicted octanol–water partition coefficient (Wildman–Crippen LogP) is 2.56. The number of fused-ring (bicyclic) bond motifs is 1. The summed E-state index contributed by atoms with van der Waals surface area (Å²) in [6, 6.07) is 8.54. The second-order valence-electron chi connectivity index (χ2n) is 7.36. The molecule has 0 N–H and O–H groups in total. The van der Waals surface area contributed by atoms with Gasteiger partial charge in [0.1, 0.15) is 0 Å². The predicted molar refractivity (Wildman–Crippen MR) is 91.9 cm³/mol. The van der Waals surface area contributed by atoms with Crippen LogP contribution in [0.15, 0.2) is 36.5 Å². The van der Waals surface area contributed by atoms with Gasteiger partial charge in [-0.25, -0.2) is 8.78 Å². The van der Waals surface area contributed by atoms with Crippen LogP contribution in [0.1, 0.15) is 23.2 Å². The van der Waals surface area contributed by atoms with Crippen LogP contribution in [0.25, 0.3) is 10.9 Å². The molecule has 2 aliphatic rings. The van der Waals surface area contributed by atoms with Crippen molar-refractivity contribution in [2.24, 2.45) is 5.41 Å². The maximum absolute atomic E-state index is 14.4. The van der Waals surface area contributed by atoms with Crippen LogP contribution >= 0.6 is 0 Å². The zero-order chi connectivity index (χ0) is 18.5. The number of pyridine rings is 1. The first kappa shape index (κ1) is 16.9. The van der Waals surface area contributed by atoms with Crippen LogP contribution < -0.4 is 0 Å². The third-order valence-corrected chi connectivity index (χ3v) is 5.38. The number of piperidine rings is 1.